The molecule has 0 saturated carbocycles. The molecule has 0 amide bonds. The Hall–Kier alpha value is -1.13. The second-order valence-corrected chi connectivity index (χ2v) is 6.75. The van der Waals surface area contributed by atoms with Gasteiger partial charge in [0.25, 0.3) is 0 Å². The SMILES string of the molecule is C/C(=C/Cc1ccccc1)CS(=O)(=O)CC(C)O. The molecule has 0 aliphatic rings. The predicted molar refractivity (Wildman–Crippen MR) is 74.2 cm³/mol. The molecule has 1 aromatic rings. The van der Waals surface area contributed by atoms with E-state index in [1.807, 2.05) is 43.3 Å². The van der Waals surface area contributed by atoms with E-state index in [-0.39, 0.29) is 11.5 Å². The lowest BCUT2D eigenvalue weighted by Crippen LogP contribution is -2.20. The molecule has 1 rings (SSSR count). The fourth-order valence-electron chi connectivity index (χ4n) is 1.74. The first kappa shape index (κ1) is 14.9. The molecule has 0 aliphatic heterocycles. The molecule has 3 nitrogen and oxygen atoms in total. The minimum absolute atomic E-state index is 0.0186. The summed E-state index contributed by atoms with van der Waals surface area (Å²) in [6, 6.07) is 9.89. The topological polar surface area (TPSA) is 54.4 Å². The summed E-state index contributed by atoms with van der Waals surface area (Å²) in [6.07, 6.45) is 1.85. The van der Waals surface area contributed by atoms with E-state index in [0.717, 1.165) is 17.6 Å². The molecule has 18 heavy (non-hydrogen) atoms. The summed E-state index contributed by atoms with van der Waals surface area (Å²) in [5.41, 5.74) is 1.98. The van der Waals surface area contributed by atoms with Gasteiger partial charge in [-0.2, -0.15) is 0 Å². The van der Waals surface area contributed by atoms with E-state index >= 15 is 0 Å². The van der Waals surface area contributed by atoms with E-state index in [1.165, 1.54) is 6.92 Å². The molecule has 0 fully saturated rings. The van der Waals surface area contributed by atoms with Crippen LogP contribution in [0.5, 0.6) is 0 Å². The standard InChI is InChI=1S/C14H20O3S/c1-12(10-18(16,17)11-13(2)15)8-9-14-6-4-3-5-7-14/h3-8,13,15H,9-11H2,1-2H3/b12-8-. The van der Waals surface area contributed by atoms with Crippen LogP contribution in [0.15, 0.2) is 42.0 Å². The van der Waals surface area contributed by atoms with Crippen molar-refractivity contribution in [3.05, 3.63) is 47.5 Å². The maximum absolute atomic E-state index is 11.7. The van der Waals surface area contributed by atoms with Crippen molar-refractivity contribution < 1.29 is 13.5 Å². The van der Waals surface area contributed by atoms with E-state index in [9.17, 15) is 8.42 Å². The second-order valence-electron chi connectivity index (χ2n) is 4.64. The maximum Gasteiger partial charge on any atom is 0.156 e. The molecule has 0 spiro atoms. The Morgan fingerprint density at radius 3 is 2.50 bits per heavy atom. The van der Waals surface area contributed by atoms with E-state index in [2.05, 4.69) is 0 Å². The highest BCUT2D eigenvalue weighted by Crippen LogP contribution is 2.06. The lowest BCUT2D eigenvalue weighted by Gasteiger charge is -2.06. The Bertz CT molecular complexity index is 487. The number of rotatable bonds is 6. The summed E-state index contributed by atoms with van der Waals surface area (Å²) in [7, 11) is -3.20. The number of aliphatic hydroxyl groups is 1. The molecule has 4 heteroatoms. The van der Waals surface area contributed by atoms with Crippen molar-refractivity contribution in [3.63, 3.8) is 0 Å². The Morgan fingerprint density at radius 1 is 1.33 bits per heavy atom. The van der Waals surface area contributed by atoms with Crippen molar-refractivity contribution in [2.45, 2.75) is 26.4 Å². The fraction of sp³-hybridized carbons (Fsp3) is 0.429. The molecule has 0 aliphatic carbocycles. The van der Waals surface area contributed by atoms with Crippen LogP contribution in [0.2, 0.25) is 0 Å². The zero-order valence-corrected chi connectivity index (χ0v) is 11.7. The monoisotopic (exact) mass is 268 g/mol. The molecular formula is C14H20O3S. The highest BCUT2D eigenvalue weighted by Gasteiger charge is 2.14. The van der Waals surface area contributed by atoms with Gasteiger partial charge in [-0.3, -0.25) is 0 Å². The van der Waals surface area contributed by atoms with Gasteiger partial charge < -0.3 is 5.11 Å². The molecule has 1 N–H and O–H groups in total. The van der Waals surface area contributed by atoms with Gasteiger partial charge in [0.05, 0.1) is 17.6 Å². The first-order valence-corrected chi connectivity index (χ1v) is 7.79. The third kappa shape index (κ3) is 5.98. The van der Waals surface area contributed by atoms with Crippen LogP contribution in [0.25, 0.3) is 0 Å². The fourth-order valence-corrected chi connectivity index (χ4v) is 3.40. The molecule has 0 saturated heterocycles. The smallest absolute Gasteiger partial charge is 0.156 e. The molecule has 1 unspecified atom stereocenters. The summed E-state index contributed by atoms with van der Waals surface area (Å²) in [5.74, 6) is -0.158. The number of benzene rings is 1. The van der Waals surface area contributed by atoms with Gasteiger partial charge in [0.2, 0.25) is 0 Å². The molecule has 0 radical (unpaired) electrons. The zero-order valence-electron chi connectivity index (χ0n) is 10.8. The Balaban J connectivity index is 2.58. The van der Waals surface area contributed by atoms with E-state index in [4.69, 9.17) is 5.11 Å². The molecule has 100 valence electrons. The number of hydrogen-bond donors (Lipinski definition) is 1. The average Bonchev–Trinajstić information content (AvgIpc) is 2.25. The highest BCUT2D eigenvalue weighted by atomic mass is 32.2. The number of hydrogen-bond acceptors (Lipinski definition) is 3. The average molecular weight is 268 g/mol. The summed E-state index contributed by atoms with van der Waals surface area (Å²) >= 11 is 0. The molecular weight excluding hydrogens is 248 g/mol. The highest BCUT2D eigenvalue weighted by molar-refractivity contribution is 7.91. The van der Waals surface area contributed by atoms with Crippen molar-refractivity contribution in [1.29, 1.82) is 0 Å². The second kappa shape index (κ2) is 6.71. The minimum atomic E-state index is -3.20. The van der Waals surface area contributed by atoms with Crippen LogP contribution in [0.3, 0.4) is 0 Å². The Morgan fingerprint density at radius 2 is 1.94 bits per heavy atom. The predicted octanol–water partition coefficient (Wildman–Crippen LogP) is 1.97. The lowest BCUT2D eigenvalue weighted by atomic mass is 10.1. The molecule has 1 atom stereocenters. The molecule has 0 heterocycles. The van der Waals surface area contributed by atoms with Gasteiger partial charge in [0.15, 0.2) is 9.84 Å². The van der Waals surface area contributed by atoms with E-state index in [0.29, 0.717) is 0 Å². The van der Waals surface area contributed by atoms with Gasteiger partial charge in [-0.25, -0.2) is 8.42 Å². The quantitative estimate of drug-likeness (QED) is 0.803. The van der Waals surface area contributed by atoms with E-state index < -0.39 is 15.9 Å². The molecule has 1 aromatic carbocycles. The summed E-state index contributed by atoms with van der Waals surface area (Å²) < 4.78 is 23.3. The van der Waals surface area contributed by atoms with Crippen LogP contribution in [0, 0.1) is 0 Å². The van der Waals surface area contributed by atoms with Gasteiger partial charge in [0.1, 0.15) is 0 Å². The van der Waals surface area contributed by atoms with Gasteiger partial charge in [-0.05, 0) is 25.8 Å². The van der Waals surface area contributed by atoms with Crippen LogP contribution in [-0.2, 0) is 16.3 Å². The maximum atomic E-state index is 11.7. The number of aliphatic hydroxyl groups excluding tert-OH is 1. The van der Waals surface area contributed by atoms with E-state index in [1.54, 1.807) is 0 Å². The normalized spacial score (nSPS) is 14.5. The number of allylic oxidation sites excluding steroid dienone is 1. The van der Waals surface area contributed by atoms with Crippen molar-refractivity contribution >= 4 is 9.84 Å². The Kier molecular flexibility index (Phi) is 5.56. The van der Waals surface area contributed by atoms with Gasteiger partial charge in [-0.15, -0.1) is 0 Å². The first-order chi connectivity index (χ1) is 8.39. The lowest BCUT2D eigenvalue weighted by molar-refractivity contribution is 0.218. The van der Waals surface area contributed by atoms with Crippen molar-refractivity contribution in [2.75, 3.05) is 11.5 Å². The van der Waals surface area contributed by atoms with Crippen LogP contribution in [-0.4, -0.2) is 31.1 Å². The minimum Gasteiger partial charge on any atom is -0.392 e. The number of sulfone groups is 1. The van der Waals surface area contributed by atoms with Crippen LogP contribution < -0.4 is 0 Å². The van der Waals surface area contributed by atoms with Crippen LogP contribution >= 0.6 is 0 Å². The van der Waals surface area contributed by atoms with Gasteiger partial charge >= 0.3 is 0 Å². The zero-order chi connectivity index (χ0) is 13.6. The van der Waals surface area contributed by atoms with Gasteiger partial charge in [-0.1, -0.05) is 42.0 Å². The van der Waals surface area contributed by atoms with Crippen molar-refractivity contribution in [2.24, 2.45) is 0 Å². The largest absolute Gasteiger partial charge is 0.392 e. The third-order valence-electron chi connectivity index (χ3n) is 2.47. The van der Waals surface area contributed by atoms with Crippen LogP contribution in [0.1, 0.15) is 19.4 Å². The first-order valence-electron chi connectivity index (χ1n) is 5.97. The third-order valence-corrected chi connectivity index (χ3v) is 4.36. The molecule has 0 aromatic heterocycles. The van der Waals surface area contributed by atoms with Crippen LogP contribution in [0.4, 0.5) is 0 Å². The molecule has 0 bridgehead atoms. The summed E-state index contributed by atoms with van der Waals surface area (Å²) in [4.78, 5) is 0. The summed E-state index contributed by atoms with van der Waals surface area (Å²) in [6.45, 7) is 3.29. The Labute approximate surface area is 109 Å². The summed E-state index contributed by atoms with van der Waals surface area (Å²) in [5, 5.41) is 9.11. The van der Waals surface area contributed by atoms with Crippen molar-refractivity contribution in [1.82, 2.24) is 0 Å². The van der Waals surface area contributed by atoms with Gasteiger partial charge in [0, 0.05) is 0 Å². The van der Waals surface area contributed by atoms with Crippen molar-refractivity contribution in [3.8, 4) is 0 Å².